The molecule has 2 N–H and O–H groups in total. The number of benzene rings is 1. The second-order valence-corrected chi connectivity index (χ2v) is 4.93. The first-order valence-corrected chi connectivity index (χ1v) is 6.15. The van der Waals surface area contributed by atoms with E-state index in [0.29, 0.717) is 5.92 Å². The van der Waals surface area contributed by atoms with Gasteiger partial charge in [-0.2, -0.15) is 0 Å². The molecule has 3 nitrogen and oxygen atoms in total. The van der Waals surface area contributed by atoms with Gasteiger partial charge in [-0.15, -0.1) is 0 Å². The molecular formula is C15H17NO2. The third-order valence-electron chi connectivity index (χ3n) is 3.16. The Bertz CT molecular complexity index is 478. The van der Waals surface area contributed by atoms with E-state index in [1.165, 1.54) is 0 Å². The number of aliphatic hydroxyl groups is 1. The van der Waals surface area contributed by atoms with Crippen LogP contribution >= 0.6 is 0 Å². The third kappa shape index (κ3) is 3.61. The molecule has 1 saturated carbocycles. The molecule has 0 radical (unpaired) electrons. The van der Waals surface area contributed by atoms with Crippen LogP contribution in [-0.4, -0.2) is 23.2 Å². The lowest BCUT2D eigenvalue weighted by atomic mass is 10.0. The first kappa shape index (κ1) is 12.7. The van der Waals surface area contributed by atoms with Crippen molar-refractivity contribution in [2.24, 2.45) is 5.92 Å². The molecule has 3 heteroatoms. The number of nitrogens with one attached hydrogen (secondary N) is 1. The lowest BCUT2D eigenvalue weighted by Crippen LogP contribution is -2.41. The van der Waals surface area contributed by atoms with Crippen molar-refractivity contribution in [3.63, 3.8) is 0 Å². The molecule has 1 aliphatic carbocycles. The van der Waals surface area contributed by atoms with Gasteiger partial charge in [0, 0.05) is 18.0 Å². The van der Waals surface area contributed by atoms with Crippen LogP contribution in [0.15, 0.2) is 30.3 Å². The average Bonchev–Trinajstić information content (AvgIpc) is 3.20. The molecule has 1 amide bonds. The smallest absolute Gasteiger partial charge is 0.296 e. The van der Waals surface area contributed by atoms with Crippen molar-refractivity contribution in [2.75, 3.05) is 6.54 Å². The highest BCUT2D eigenvalue weighted by molar-refractivity contribution is 5.94. The highest BCUT2D eigenvalue weighted by Gasteiger charge is 2.39. The van der Waals surface area contributed by atoms with Gasteiger partial charge >= 0.3 is 0 Å². The van der Waals surface area contributed by atoms with Crippen molar-refractivity contribution < 1.29 is 9.90 Å². The molecular weight excluding hydrogens is 226 g/mol. The molecule has 18 heavy (non-hydrogen) atoms. The summed E-state index contributed by atoms with van der Waals surface area (Å²) in [4.78, 5) is 11.5. The van der Waals surface area contributed by atoms with Crippen LogP contribution in [0.4, 0.5) is 0 Å². The van der Waals surface area contributed by atoms with Crippen LogP contribution in [-0.2, 0) is 4.79 Å². The minimum atomic E-state index is -0.802. The van der Waals surface area contributed by atoms with Crippen molar-refractivity contribution >= 4 is 5.91 Å². The number of hydrogen-bond acceptors (Lipinski definition) is 2. The number of carbonyl (C=O) groups is 1. The summed E-state index contributed by atoms with van der Waals surface area (Å²) in [5.41, 5.74) is 0.00554. The Hall–Kier alpha value is -1.79. The topological polar surface area (TPSA) is 49.3 Å². The highest BCUT2D eigenvalue weighted by atomic mass is 16.3. The molecule has 0 aromatic heterocycles. The Morgan fingerprint density at radius 3 is 2.72 bits per heavy atom. The summed E-state index contributed by atoms with van der Waals surface area (Å²) in [5, 5.41) is 12.7. The van der Waals surface area contributed by atoms with Crippen LogP contribution in [0.2, 0.25) is 0 Å². The van der Waals surface area contributed by atoms with Gasteiger partial charge in [0.2, 0.25) is 0 Å². The van der Waals surface area contributed by atoms with E-state index in [2.05, 4.69) is 17.2 Å². The molecule has 0 aliphatic heterocycles. The van der Waals surface area contributed by atoms with E-state index < -0.39 is 5.60 Å². The number of rotatable bonds is 3. The SMILES string of the molecule is C[C@@](O)(CNC(=O)C#Cc1ccccc1)C1CC1. The Morgan fingerprint density at radius 2 is 2.11 bits per heavy atom. The summed E-state index contributed by atoms with van der Waals surface area (Å²) in [6, 6.07) is 9.35. The fourth-order valence-electron chi connectivity index (χ4n) is 1.80. The maximum absolute atomic E-state index is 11.5. The summed E-state index contributed by atoms with van der Waals surface area (Å²) in [6.07, 6.45) is 2.08. The average molecular weight is 243 g/mol. The Morgan fingerprint density at radius 1 is 1.44 bits per heavy atom. The zero-order valence-electron chi connectivity index (χ0n) is 10.4. The van der Waals surface area contributed by atoms with E-state index in [1.54, 1.807) is 6.92 Å². The van der Waals surface area contributed by atoms with Gasteiger partial charge in [-0.05, 0) is 37.8 Å². The molecule has 1 aromatic carbocycles. The molecule has 2 rings (SSSR count). The predicted octanol–water partition coefficient (Wildman–Crippen LogP) is 1.32. The van der Waals surface area contributed by atoms with Crippen molar-refractivity contribution in [3.8, 4) is 11.8 Å². The molecule has 0 spiro atoms. The second kappa shape index (κ2) is 5.24. The normalized spacial score (nSPS) is 17.2. The van der Waals surface area contributed by atoms with E-state index in [9.17, 15) is 9.90 Å². The zero-order valence-corrected chi connectivity index (χ0v) is 10.4. The quantitative estimate of drug-likeness (QED) is 0.787. The van der Waals surface area contributed by atoms with Crippen LogP contribution in [0, 0.1) is 17.8 Å². The first-order valence-electron chi connectivity index (χ1n) is 6.15. The van der Waals surface area contributed by atoms with Crippen LogP contribution in [0.3, 0.4) is 0 Å². The van der Waals surface area contributed by atoms with Crippen LogP contribution in [0.25, 0.3) is 0 Å². The Kier molecular flexibility index (Phi) is 3.69. The maximum Gasteiger partial charge on any atom is 0.296 e. The van der Waals surface area contributed by atoms with E-state index in [-0.39, 0.29) is 12.5 Å². The van der Waals surface area contributed by atoms with Crippen molar-refractivity contribution in [2.45, 2.75) is 25.4 Å². The summed E-state index contributed by atoms with van der Waals surface area (Å²) in [6.45, 7) is 2.02. The van der Waals surface area contributed by atoms with E-state index >= 15 is 0 Å². The van der Waals surface area contributed by atoms with Crippen molar-refractivity contribution in [1.29, 1.82) is 0 Å². The van der Waals surface area contributed by atoms with Gasteiger partial charge in [0.05, 0.1) is 5.60 Å². The summed E-state index contributed by atoms with van der Waals surface area (Å²) >= 11 is 0. The summed E-state index contributed by atoms with van der Waals surface area (Å²) in [5.74, 6) is 5.27. The first-order chi connectivity index (χ1) is 8.58. The number of carbonyl (C=O) groups excluding carboxylic acids is 1. The Labute approximate surface area is 107 Å². The monoisotopic (exact) mass is 243 g/mol. The number of amides is 1. The summed E-state index contributed by atoms with van der Waals surface area (Å²) < 4.78 is 0. The van der Waals surface area contributed by atoms with Gasteiger partial charge in [-0.3, -0.25) is 4.79 Å². The highest BCUT2D eigenvalue weighted by Crippen LogP contribution is 2.38. The molecule has 0 bridgehead atoms. The van der Waals surface area contributed by atoms with Gasteiger partial charge in [0.15, 0.2) is 0 Å². The van der Waals surface area contributed by atoms with Crippen molar-refractivity contribution in [1.82, 2.24) is 5.32 Å². The van der Waals surface area contributed by atoms with Crippen molar-refractivity contribution in [3.05, 3.63) is 35.9 Å². The zero-order chi connectivity index (χ0) is 13.0. The molecule has 0 heterocycles. The summed E-state index contributed by atoms with van der Waals surface area (Å²) in [7, 11) is 0. The van der Waals surface area contributed by atoms with E-state index in [4.69, 9.17) is 0 Å². The maximum atomic E-state index is 11.5. The molecule has 1 fully saturated rings. The Balaban J connectivity index is 1.84. The fraction of sp³-hybridized carbons (Fsp3) is 0.400. The standard InChI is InChI=1S/C15H17NO2/c1-15(18,13-8-9-13)11-16-14(17)10-7-12-5-3-2-4-6-12/h2-6,13,18H,8-9,11H2,1H3,(H,16,17)/t15-/m1/s1. The molecule has 1 atom stereocenters. The molecule has 1 aromatic rings. The fourth-order valence-corrected chi connectivity index (χ4v) is 1.80. The second-order valence-electron chi connectivity index (χ2n) is 4.93. The van der Waals surface area contributed by atoms with E-state index in [1.807, 2.05) is 30.3 Å². The molecule has 1 aliphatic rings. The third-order valence-corrected chi connectivity index (χ3v) is 3.16. The minimum Gasteiger partial charge on any atom is -0.388 e. The predicted molar refractivity (Wildman–Crippen MR) is 69.7 cm³/mol. The lowest BCUT2D eigenvalue weighted by Gasteiger charge is -2.22. The molecule has 0 saturated heterocycles. The molecule has 0 unspecified atom stereocenters. The van der Waals surface area contributed by atoms with Crippen LogP contribution < -0.4 is 5.32 Å². The van der Waals surface area contributed by atoms with Gasteiger partial charge < -0.3 is 10.4 Å². The van der Waals surface area contributed by atoms with Crippen LogP contribution in [0.5, 0.6) is 0 Å². The van der Waals surface area contributed by atoms with E-state index in [0.717, 1.165) is 18.4 Å². The molecule has 94 valence electrons. The number of hydrogen-bond donors (Lipinski definition) is 2. The largest absolute Gasteiger partial charge is 0.388 e. The van der Waals surface area contributed by atoms with Gasteiger partial charge in [-0.1, -0.05) is 24.1 Å². The van der Waals surface area contributed by atoms with Gasteiger partial charge in [0.25, 0.3) is 5.91 Å². The van der Waals surface area contributed by atoms with Crippen LogP contribution in [0.1, 0.15) is 25.3 Å². The van der Waals surface area contributed by atoms with Gasteiger partial charge in [0.1, 0.15) is 0 Å². The van der Waals surface area contributed by atoms with Gasteiger partial charge in [-0.25, -0.2) is 0 Å². The minimum absolute atomic E-state index is 0.264. The lowest BCUT2D eigenvalue weighted by molar-refractivity contribution is -0.117.